The van der Waals surface area contributed by atoms with Gasteiger partial charge in [0.1, 0.15) is 5.75 Å². The molecule has 0 spiro atoms. The normalized spacial score (nSPS) is 11.2. The molecule has 0 aliphatic rings. The van der Waals surface area contributed by atoms with Crippen molar-refractivity contribution < 1.29 is 9.90 Å². The molecule has 5 heteroatoms. The number of phenolic OH excluding ortho intramolecular Hbond substituents is 1. The van der Waals surface area contributed by atoms with Gasteiger partial charge in [-0.05, 0) is 34.9 Å². The van der Waals surface area contributed by atoms with Crippen LogP contribution in [0.5, 0.6) is 5.75 Å². The lowest BCUT2D eigenvalue weighted by Gasteiger charge is -2.13. The van der Waals surface area contributed by atoms with E-state index in [0.29, 0.717) is 12.1 Å². The van der Waals surface area contributed by atoms with E-state index in [0.717, 1.165) is 33.3 Å². The van der Waals surface area contributed by atoms with Crippen LogP contribution in [-0.2, 0) is 11.3 Å². The maximum absolute atomic E-state index is 12.6. The van der Waals surface area contributed by atoms with Crippen LogP contribution in [0.3, 0.4) is 0 Å². The molecular weight excluding hydrogens is 434 g/mol. The van der Waals surface area contributed by atoms with Crippen molar-refractivity contribution in [1.82, 2.24) is 9.99 Å². The first-order valence-electron chi connectivity index (χ1n) is 11.5. The highest BCUT2D eigenvalue weighted by Crippen LogP contribution is 2.40. The third kappa shape index (κ3) is 4.84. The van der Waals surface area contributed by atoms with E-state index in [-0.39, 0.29) is 18.1 Å². The molecule has 172 valence electrons. The Morgan fingerprint density at radius 3 is 2.26 bits per heavy atom. The Morgan fingerprint density at radius 2 is 1.51 bits per heavy atom. The number of amides is 1. The lowest BCUT2D eigenvalue weighted by molar-refractivity contribution is -0.121. The summed E-state index contributed by atoms with van der Waals surface area (Å²) in [6.45, 7) is 0.505. The fraction of sp³-hybridized carbons (Fsp3) is 0.0667. The Hall–Kier alpha value is -4.64. The first-order valence-corrected chi connectivity index (χ1v) is 11.5. The standard InChI is InChI=1S/C30H25N3O2/c34-25-15-9-10-22(20-25)21-31-32-28(35)18-19-33-27-17-8-7-16-26(27)29(23-11-3-1-4-12-23)30(33)24-13-5-2-6-14-24/h1-17,20-21,34H,18-19H2,(H,32,35)/b31-21-. The van der Waals surface area contributed by atoms with Crippen LogP contribution in [-0.4, -0.2) is 21.8 Å². The maximum atomic E-state index is 12.6. The smallest absolute Gasteiger partial charge is 0.241 e. The Bertz CT molecular complexity index is 1490. The number of hydrogen-bond acceptors (Lipinski definition) is 3. The van der Waals surface area contributed by atoms with Gasteiger partial charge in [0.2, 0.25) is 5.91 Å². The van der Waals surface area contributed by atoms with Crippen molar-refractivity contribution in [3.05, 3.63) is 115 Å². The van der Waals surface area contributed by atoms with Crippen LogP contribution in [0.4, 0.5) is 0 Å². The van der Waals surface area contributed by atoms with Gasteiger partial charge < -0.3 is 9.67 Å². The van der Waals surface area contributed by atoms with Crippen LogP contribution in [0, 0.1) is 0 Å². The molecule has 35 heavy (non-hydrogen) atoms. The summed E-state index contributed by atoms with van der Waals surface area (Å²) in [5.41, 5.74) is 8.89. The molecule has 0 saturated heterocycles. The molecule has 0 aliphatic carbocycles. The zero-order chi connectivity index (χ0) is 24.0. The number of nitrogens with one attached hydrogen (secondary N) is 1. The van der Waals surface area contributed by atoms with Crippen LogP contribution in [0.25, 0.3) is 33.3 Å². The van der Waals surface area contributed by atoms with Gasteiger partial charge in [-0.15, -0.1) is 0 Å². The Labute approximate surface area is 204 Å². The van der Waals surface area contributed by atoms with Crippen LogP contribution in [0.2, 0.25) is 0 Å². The van der Waals surface area contributed by atoms with Crippen molar-refractivity contribution >= 4 is 23.0 Å². The second kappa shape index (κ2) is 10.1. The van der Waals surface area contributed by atoms with E-state index in [1.807, 2.05) is 42.5 Å². The molecule has 4 aromatic carbocycles. The van der Waals surface area contributed by atoms with Crippen LogP contribution in [0.1, 0.15) is 12.0 Å². The summed E-state index contributed by atoms with van der Waals surface area (Å²) in [5, 5.41) is 14.8. The van der Waals surface area contributed by atoms with Crippen LogP contribution < -0.4 is 5.43 Å². The number of nitrogens with zero attached hydrogens (tertiary/aromatic N) is 2. The molecule has 1 heterocycles. The molecule has 0 fully saturated rings. The quantitative estimate of drug-likeness (QED) is 0.224. The monoisotopic (exact) mass is 459 g/mol. The minimum absolute atomic E-state index is 0.155. The zero-order valence-corrected chi connectivity index (χ0v) is 19.1. The zero-order valence-electron chi connectivity index (χ0n) is 19.1. The van der Waals surface area contributed by atoms with Crippen molar-refractivity contribution in [2.24, 2.45) is 5.10 Å². The van der Waals surface area contributed by atoms with Crippen molar-refractivity contribution in [1.29, 1.82) is 0 Å². The topological polar surface area (TPSA) is 66.6 Å². The van der Waals surface area contributed by atoms with Crippen molar-refractivity contribution in [2.45, 2.75) is 13.0 Å². The molecule has 0 atom stereocenters. The van der Waals surface area contributed by atoms with Crippen LogP contribution in [0.15, 0.2) is 114 Å². The fourth-order valence-corrected chi connectivity index (χ4v) is 4.38. The highest BCUT2D eigenvalue weighted by atomic mass is 16.3. The molecule has 0 aliphatic heterocycles. The molecule has 2 N–H and O–H groups in total. The Kier molecular flexibility index (Phi) is 6.39. The SMILES string of the molecule is O=C(CCn1c(-c2ccccc2)c(-c2ccccc2)c2ccccc21)N/N=C\c1cccc(O)c1. The van der Waals surface area contributed by atoms with Gasteiger partial charge in [0.25, 0.3) is 0 Å². The number of carbonyl (C=O) groups excluding carboxylic acids is 1. The second-order valence-corrected chi connectivity index (χ2v) is 8.26. The van der Waals surface area contributed by atoms with E-state index < -0.39 is 0 Å². The number of hydrazone groups is 1. The first-order chi connectivity index (χ1) is 17.2. The van der Waals surface area contributed by atoms with Gasteiger partial charge >= 0.3 is 0 Å². The first kappa shape index (κ1) is 22.2. The fourth-order valence-electron chi connectivity index (χ4n) is 4.38. The summed E-state index contributed by atoms with van der Waals surface area (Å²) in [5.74, 6) is -0.0260. The van der Waals surface area contributed by atoms with E-state index in [4.69, 9.17) is 0 Å². The molecule has 0 bridgehead atoms. The molecule has 0 radical (unpaired) electrons. The summed E-state index contributed by atoms with van der Waals surface area (Å²) < 4.78 is 2.23. The molecule has 1 amide bonds. The highest BCUT2D eigenvalue weighted by molar-refractivity contribution is 6.04. The van der Waals surface area contributed by atoms with Gasteiger partial charge in [-0.2, -0.15) is 5.10 Å². The Balaban J connectivity index is 1.47. The molecule has 5 nitrogen and oxygen atoms in total. The van der Waals surface area contributed by atoms with E-state index in [1.54, 1.807) is 24.3 Å². The number of aromatic nitrogens is 1. The van der Waals surface area contributed by atoms with E-state index >= 15 is 0 Å². The number of aryl methyl sites for hydroxylation is 1. The largest absolute Gasteiger partial charge is 0.508 e. The number of benzene rings is 4. The molecule has 5 rings (SSSR count). The predicted molar refractivity (Wildman–Crippen MR) is 141 cm³/mol. The molecule has 0 saturated carbocycles. The van der Waals surface area contributed by atoms with Crippen molar-refractivity contribution in [2.75, 3.05) is 0 Å². The summed E-state index contributed by atoms with van der Waals surface area (Å²) in [6.07, 6.45) is 1.79. The summed E-state index contributed by atoms with van der Waals surface area (Å²) in [4.78, 5) is 12.6. The van der Waals surface area contributed by atoms with Gasteiger partial charge in [-0.1, -0.05) is 91.0 Å². The minimum Gasteiger partial charge on any atom is -0.508 e. The number of aromatic hydroxyl groups is 1. The number of para-hydroxylation sites is 1. The third-order valence-corrected chi connectivity index (χ3v) is 5.92. The summed E-state index contributed by atoms with van der Waals surface area (Å²) in [6, 6.07) is 35.7. The average molecular weight is 460 g/mol. The second-order valence-electron chi connectivity index (χ2n) is 8.26. The molecular formula is C30H25N3O2. The van der Waals surface area contributed by atoms with Gasteiger partial charge in [0, 0.05) is 29.4 Å². The summed E-state index contributed by atoms with van der Waals surface area (Å²) in [7, 11) is 0. The van der Waals surface area contributed by atoms with Crippen LogP contribution >= 0.6 is 0 Å². The van der Waals surface area contributed by atoms with Gasteiger partial charge in [-0.3, -0.25) is 4.79 Å². The predicted octanol–water partition coefficient (Wildman–Crippen LogP) is 6.22. The number of carbonyl (C=O) groups is 1. The highest BCUT2D eigenvalue weighted by Gasteiger charge is 2.20. The number of fused-ring (bicyclic) bond motifs is 1. The lowest BCUT2D eigenvalue weighted by Crippen LogP contribution is -2.19. The van der Waals surface area contributed by atoms with Gasteiger partial charge in [-0.25, -0.2) is 5.43 Å². The Morgan fingerprint density at radius 1 is 0.829 bits per heavy atom. The number of hydrogen-bond donors (Lipinski definition) is 2. The van der Waals surface area contributed by atoms with E-state index in [1.165, 1.54) is 6.21 Å². The van der Waals surface area contributed by atoms with Gasteiger partial charge in [0.05, 0.1) is 11.9 Å². The van der Waals surface area contributed by atoms with Crippen molar-refractivity contribution in [3.63, 3.8) is 0 Å². The maximum Gasteiger partial charge on any atom is 0.241 e. The molecule has 1 aromatic heterocycles. The van der Waals surface area contributed by atoms with E-state index in [2.05, 4.69) is 57.6 Å². The van der Waals surface area contributed by atoms with Crippen molar-refractivity contribution in [3.8, 4) is 28.1 Å². The van der Waals surface area contributed by atoms with Gasteiger partial charge in [0.15, 0.2) is 0 Å². The van der Waals surface area contributed by atoms with E-state index in [9.17, 15) is 9.90 Å². The molecule has 5 aromatic rings. The summed E-state index contributed by atoms with van der Waals surface area (Å²) >= 11 is 0. The number of phenols is 1. The molecule has 0 unspecified atom stereocenters. The third-order valence-electron chi connectivity index (χ3n) is 5.92. The average Bonchev–Trinajstić information content (AvgIpc) is 3.23. The minimum atomic E-state index is -0.181. The lowest BCUT2D eigenvalue weighted by atomic mass is 9.98. The number of rotatable bonds is 7.